The second-order valence-corrected chi connectivity index (χ2v) is 5.66. The van der Waals surface area contributed by atoms with Crippen LogP contribution in [-0.2, 0) is 6.42 Å². The number of halogens is 1. The Morgan fingerprint density at radius 3 is 2.59 bits per heavy atom. The van der Waals surface area contributed by atoms with Gasteiger partial charge in [0.25, 0.3) is 0 Å². The van der Waals surface area contributed by atoms with E-state index in [0.717, 1.165) is 23.9 Å². The van der Waals surface area contributed by atoms with E-state index in [-0.39, 0.29) is 0 Å². The number of ether oxygens (including phenoxy) is 1. The number of alkyl halides is 1. The molecule has 1 nitrogen and oxygen atoms in total. The molecular weight excluding hydrogens is 276 g/mol. The van der Waals surface area contributed by atoms with Gasteiger partial charge in [-0.3, -0.25) is 0 Å². The predicted molar refractivity (Wildman–Crippen MR) is 76.0 cm³/mol. The maximum absolute atomic E-state index is 6.05. The molecule has 1 heterocycles. The number of fused-ring (bicyclic) bond motifs is 1. The fraction of sp³-hybridized carbons (Fsp3) is 0.600. The standard InChI is InChI=1S/C15H21BrO/c1-3-15(4-2,11-16)10-13-9-12-7-5-6-8-14(12)17-13/h5-8,13H,3-4,9-11H2,1-2H3. The molecule has 0 radical (unpaired) electrons. The van der Waals surface area contributed by atoms with Crippen LogP contribution in [0, 0.1) is 5.41 Å². The Bertz CT molecular complexity index is 338. The third kappa shape index (κ3) is 2.67. The van der Waals surface area contributed by atoms with Crippen LogP contribution >= 0.6 is 15.9 Å². The first-order chi connectivity index (χ1) is 8.23. The lowest BCUT2D eigenvalue weighted by atomic mass is 9.79. The monoisotopic (exact) mass is 296 g/mol. The minimum atomic E-state index is 0.366. The van der Waals surface area contributed by atoms with Crippen molar-refractivity contribution in [3.63, 3.8) is 0 Å². The number of hydrogen-bond acceptors (Lipinski definition) is 1. The second kappa shape index (κ2) is 5.43. The van der Waals surface area contributed by atoms with Gasteiger partial charge in [-0.15, -0.1) is 0 Å². The smallest absolute Gasteiger partial charge is 0.123 e. The Balaban J connectivity index is 2.04. The van der Waals surface area contributed by atoms with Gasteiger partial charge in [0.05, 0.1) is 0 Å². The largest absolute Gasteiger partial charge is 0.490 e. The first-order valence-corrected chi connectivity index (χ1v) is 7.65. The summed E-state index contributed by atoms with van der Waals surface area (Å²) in [5.41, 5.74) is 1.76. The van der Waals surface area contributed by atoms with E-state index in [0.29, 0.717) is 11.5 Å². The lowest BCUT2D eigenvalue weighted by molar-refractivity contribution is 0.142. The van der Waals surface area contributed by atoms with Crippen LogP contribution in [0.5, 0.6) is 5.75 Å². The predicted octanol–water partition coefficient (Wildman–Crippen LogP) is 4.58. The number of hydrogen-bond donors (Lipinski definition) is 0. The molecular formula is C15H21BrO. The Labute approximate surface area is 113 Å². The van der Waals surface area contributed by atoms with Crippen molar-refractivity contribution in [2.75, 3.05) is 5.33 Å². The van der Waals surface area contributed by atoms with E-state index in [2.05, 4.69) is 54.0 Å². The summed E-state index contributed by atoms with van der Waals surface area (Å²) in [6, 6.07) is 8.42. The Hall–Kier alpha value is -0.500. The van der Waals surface area contributed by atoms with Crippen LogP contribution in [0.4, 0.5) is 0 Å². The third-order valence-electron chi connectivity index (χ3n) is 4.16. The van der Waals surface area contributed by atoms with Gasteiger partial charge in [-0.05, 0) is 36.3 Å². The quantitative estimate of drug-likeness (QED) is 0.723. The highest BCUT2D eigenvalue weighted by Gasteiger charge is 2.32. The van der Waals surface area contributed by atoms with Crippen LogP contribution in [0.25, 0.3) is 0 Å². The molecule has 0 bridgehead atoms. The van der Waals surface area contributed by atoms with Gasteiger partial charge in [-0.2, -0.15) is 0 Å². The van der Waals surface area contributed by atoms with Gasteiger partial charge in [0, 0.05) is 11.8 Å². The molecule has 2 heteroatoms. The highest BCUT2D eigenvalue weighted by atomic mass is 79.9. The van der Waals surface area contributed by atoms with Crippen molar-refractivity contribution in [3.05, 3.63) is 29.8 Å². The van der Waals surface area contributed by atoms with Crippen molar-refractivity contribution in [2.45, 2.75) is 45.6 Å². The fourth-order valence-electron chi connectivity index (χ4n) is 2.63. The summed E-state index contributed by atoms with van der Waals surface area (Å²) in [4.78, 5) is 0. The van der Waals surface area contributed by atoms with Crippen LogP contribution in [0.3, 0.4) is 0 Å². The summed E-state index contributed by atoms with van der Waals surface area (Å²) in [5.74, 6) is 1.09. The number of rotatable bonds is 5. The van der Waals surface area contributed by atoms with Gasteiger partial charge in [0.1, 0.15) is 11.9 Å². The molecule has 0 saturated carbocycles. The minimum Gasteiger partial charge on any atom is -0.490 e. The fourth-order valence-corrected chi connectivity index (χ4v) is 3.65. The lowest BCUT2D eigenvalue weighted by Crippen LogP contribution is -2.29. The molecule has 1 aromatic rings. The molecule has 0 aromatic heterocycles. The molecule has 1 unspecified atom stereocenters. The van der Waals surface area contributed by atoms with Crippen LogP contribution in [0.2, 0.25) is 0 Å². The molecule has 0 aliphatic carbocycles. The van der Waals surface area contributed by atoms with Crippen LogP contribution < -0.4 is 4.74 Å². The molecule has 2 rings (SSSR count). The molecule has 0 saturated heterocycles. The van der Waals surface area contributed by atoms with E-state index >= 15 is 0 Å². The first-order valence-electron chi connectivity index (χ1n) is 6.53. The van der Waals surface area contributed by atoms with Crippen molar-refractivity contribution in [2.24, 2.45) is 5.41 Å². The van der Waals surface area contributed by atoms with E-state index in [1.165, 1.54) is 18.4 Å². The molecule has 17 heavy (non-hydrogen) atoms. The first kappa shape index (κ1) is 12.9. The molecule has 0 N–H and O–H groups in total. The molecule has 0 amide bonds. The van der Waals surface area contributed by atoms with Gasteiger partial charge in [0.2, 0.25) is 0 Å². The summed E-state index contributed by atoms with van der Waals surface area (Å²) in [6.45, 7) is 4.57. The van der Waals surface area contributed by atoms with Gasteiger partial charge in [-0.1, -0.05) is 48.0 Å². The van der Waals surface area contributed by atoms with E-state index in [1.54, 1.807) is 0 Å². The summed E-state index contributed by atoms with van der Waals surface area (Å²) in [7, 11) is 0. The highest BCUT2D eigenvalue weighted by molar-refractivity contribution is 9.09. The second-order valence-electron chi connectivity index (χ2n) is 5.10. The van der Waals surface area contributed by atoms with Gasteiger partial charge < -0.3 is 4.74 Å². The van der Waals surface area contributed by atoms with Crippen LogP contribution in [0.15, 0.2) is 24.3 Å². The Kier molecular flexibility index (Phi) is 4.13. The van der Waals surface area contributed by atoms with Crippen molar-refractivity contribution in [3.8, 4) is 5.75 Å². The Morgan fingerprint density at radius 1 is 1.29 bits per heavy atom. The van der Waals surface area contributed by atoms with Crippen molar-refractivity contribution >= 4 is 15.9 Å². The average molecular weight is 297 g/mol. The number of benzene rings is 1. The molecule has 1 aliphatic rings. The van der Waals surface area contributed by atoms with Crippen molar-refractivity contribution in [1.82, 2.24) is 0 Å². The zero-order chi connectivity index (χ0) is 12.3. The Morgan fingerprint density at radius 2 is 2.00 bits per heavy atom. The van der Waals surface area contributed by atoms with Gasteiger partial charge in [-0.25, -0.2) is 0 Å². The van der Waals surface area contributed by atoms with Crippen molar-refractivity contribution < 1.29 is 4.74 Å². The minimum absolute atomic E-state index is 0.366. The van der Waals surface area contributed by atoms with Crippen LogP contribution in [-0.4, -0.2) is 11.4 Å². The molecule has 0 fully saturated rings. The topological polar surface area (TPSA) is 9.23 Å². The van der Waals surface area contributed by atoms with Gasteiger partial charge in [0.15, 0.2) is 0 Å². The summed E-state index contributed by atoms with van der Waals surface area (Å²) >= 11 is 3.68. The van der Waals surface area contributed by atoms with E-state index in [1.807, 2.05) is 0 Å². The SMILES string of the molecule is CCC(CC)(CBr)CC1Cc2ccccc2O1. The molecule has 1 atom stereocenters. The zero-order valence-corrected chi connectivity index (χ0v) is 12.3. The third-order valence-corrected chi connectivity index (χ3v) is 5.35. The molecule has 94 valence electrons. The molecule has 1 aliphatic heterocycles. The molecule has 1 aromatic carbocycles. The summed E-state index contributed by atoms with van der Waals surface area (Å²) in [5, 5.41) is 1.07. The van der Waals surface area contributed by atoms with E-state index in [9.17, 15) is 0 Å². The van der Waals surface area contributed by atoms with Gasteiger partial charge >= 0.3 is 0 Å². The highest BCUT2D eigenvalue weighted by Crippen LogP contribution is 2.39. The average Bonchev–Trinajstić information content (AvgIpc) is 2.78. The maximum atomic E-state index is 6.05. The van der Waals surface area contributed by atoms with Crippen LogP contribution in [0.1, 0.15) is 38.7 Å². The number of para-hydroxylation sites is 1. The normalized spacial score (nSPS) is 18.9. The van der Waals surface area contributed by atoms with E-state index in [4.69, 9.17) is 4.74 Å². The maximum Gasteiger partial charge on any atom is 0.123 e. The lowest BCUT2D eigenvalue weighted by Gasteiger charge is -2.31. The molecule has 0 spiro atoms. The zero-order valence-electron chi connectivity index (χ0n) is 10.7. The van der Waals surface area contributed by atoms with E-state index < -0.39 is 0 Å². The summed E-state index contributed by atoms with van der Waals surface area (Å²) < 4.78 is 6.05. The van der Waals surface area contributed by atoms with Crippen molar-refractivity contribution in [1.29, 1.82) is 0 Å². The summed E-state index contributed by atoms with van der Waals surface area (Å²) in [6.07, 6.45) is 5.02.